The van der Waals surface area contributed by atoms with Gasteiger partial charge in [0.05, 0.1) is 5.84 Å². The van der Waals surface area contributed by atoms with Crippen LogP contribution in [-0.2, 0) is 0 Å². The monoisotopic (exact) mass is 269 g/mol. The minimum Gasteiger partial charge on any atom is -0.387 e. The minimum absolute atomic E-state index is 0.0402. The number of aliphatic imine (C=N–C) groups is 1. The number of nitrogens with zero attached hydrogens (tertiary/aromatic N) is 2. The molecule has 0 radical (unpaired) electrons. The van der Waals surface area contributed by atoms with Crippen LogP contribution in [0.1, 0.15) is 60.8 Å². The average molecular weight is 269 g/mol. The molecule has 0 saturated heterocycles. The van der Waals surface area contributed by atoms with Gasteiger partial charge in [-0.2, -0.15) is 0 Å². The van der Waals surface area contributed by atoms with Crippen LogP contribution in [0.3, 0.4) is 0 Å². The number of amidine groups is 1. The maximum Gasteiger partial charge on any atom is 0.0997 e. The van der Waals surface area contributed by atoms with Crippen molar-refractivity contribution in [1.82, 2.24) is 4.90 Å². The summed E-state index contributed by atoms with van der Waals surface area (Å²) in [5.41, 5.74) is 6.45. The lowest BCUT2D eigenvalue weighted by Gasteiger charge is -2.36. The highest BCUT2D eigenvalue weighted by Gasteiger charge is 2.32. The molecule has 1 atom stereocenters. The van der Waals surface area contributed by atoms with Gasteiger partial charge < -0.3 is 10.6 Å². The summed E-state index contributed by atoms with van der Waals surface area (Å²) in [6.07, 6.45) is 3.31. The van der Waals surface area contributed by atoms with Crippen molar-refractivity contribution in [3.63, 3.8) is 0 Å². The Kier molecular flexibility index (Phi) is 7.06. The topological polar surface area (TPSA) is 41.6 Å². The Balaban J connectivity index is 4.77. The van der Waals surface area contributed by atoms with E-state index < -0.39 is 0 Å². The molecule has 0 amide bonds. The summed E-state index contributed by atoms with van der Waals surface area (Å²) in [5.74, 6) is 0.806. The van der Waals surface area contributed by atoms with Crippen molar-refractivity contribution >= 4 is 5.84 Å². The third-order valence-corrected chi connectivity index (χ3v) is 3.42. The zero-order valence-corrected chi connectivity index (χ0v) is 14.4. The summed E-state index contributed by atoms with van der Waals surface area (Å²) in [6, 6.07) is 0.334. The van der Waals surface area contributed by atoms with Crippen molar-refractivity contribution in [2.75, 3.05) is 20.6 Å². The molecule has 0 bridgehead atoms. The van der Waals surface area contributed by atoms with E-state index in [1.54, 1.807) is 0 Å². The van der Waals surface area contributed by atoms with Crippen molar-refractivity contribution in [2.24, 2.45) is 21.6 Å². The van der Waals surface area contributed by atoms with Gasteiger partial charge in [-0.1, -0.05) is 41.0 Å². The summed E-state index contributed by atoms with van der Waals surface area (Å²) in [7, 11) is 4.24. The van der Waals surface area contributed by atoms with E-state index >= 15 is 0 Å². The number of hydrogen-bond acceptors (Lipinski definition) is 2. The molecule has 3 heteroatoms. The fourth-order valence-corrected chi connectivity index (χ4v) is 3.09. The van der Waals surface area contributed by atoms with E-state index in [9.17, 15) is 0 Å². The van der Waals surface area contributed by atoms with Crippen molar-refractivity contribution in [2.45, 2.75) is 66.8 Å². The standard InChI is InChI=1S/C16H35N3/c1-9-10-13(2)18-14(17)16(5,6)11-15(3,4)12-19(7)8/h13H,9-12H2,1-8H3,(H2,17,18). The van der Waals surface area contributed by atoms with Crippen molar-refractivity contribution < 1.29 is 0 Å². The highest BCUT2D eigenvalue weighted by molar-refractivity contribution is 5.86. The number of hydrogen-bond donors (Lipinski definition) is 1. The van der Waals surface area contributed by atoms with Crippen LogP contribution in [0.4, 0.5) is 0 Å². The molecule has 0 aliphatic heterocycles. The number of nitrogens with two attached hydrogens (primary N) is 1. The van der Waals surface area contributed by atoms with Gasteiger partial charge >= 0.3 is 0 Å². The SMILES string of the molecule is CCCC(C)N=C(N)C(C)(C)CC(C)(C)CN(C)C. The van der Waals surface area contributed by atoms with Crippen molar-refractivity contribution in [3.05, 3.63) is 0 Å². The van der Waals surface area contributed by atoms with Crippen molar-refractivity contribution in [1.29, 1.82) is 0 Å². The van der Waals surface area contributed by atoms with Crippen LogP contribution in [0, 0.1) is 10.8 Å². The molecule has 0 aliphatic rings. The largest absolute Gasteiger partial charge is 0.387 e. The van der Waals surface area contributed by atoms with E-state index in [0.29, 0.717) is 6.04 Å². The van der Waals surface area contributed by atoms with E-state index in [2.05, 4.69) is 65.5 Å². The number of rotatable bonds is 8. The molecular weight excluding hydrogens is 234 g/mol. The molecule has 0 saturated carbocycles. The van der Waals surface area contributed by atoms with Crippen LogP contribution in [0.2, 0.25) is 0 Å². The van der Waals surface area contributed by atoms with E-state index in [4.69, 9.17) is 5.73 Å². The molecule has 0 aromatic heterocycles. The lowest BCUT2D eigenvalue weighted by molar-refractivity contribution is 0.183. The van der Waals surface area contributed by atoms with Gasteiger partial charge in [0.2, 0.25) is 0 Å². The van der Waals surface area contributed by atoms with Gasteiger partial charge in [0.15, 0.2) is 0 Å². The average Bonchev–Trinajstić information content (AvgIpc) is 2.12. The van der Waals surface area contributed by atoms with Gasteiger partial charge in [-0.3, -0.25) is 4.99 Å². The molecule has 0 aliphatic carbocycles. The Labute approximate surface area is 120 Å². The molecule has 0 aromatic carbocycles. The fraction of sp³-hybridized carbons (Fsp3) is 0.938. The molecule has 0 aromatic rings. The first-order valence-corrected chi connectivity index (χ1v) is 7.48. The molecule has 19 heavy (non-hydrogen) atoms. The predicted molar refractivity (Wildman–Crippen MR) is 86.7 cm³/mol. The fourth-order valence-electron chi connectivity index (χ4n) is 3.09. The Bertz CT molecular complexity index is 290. The maximum atomic E-state index is 6.26. The van der Waals surface area contributed by atoms with Crippen LogP contribution < -0.4 is 5.73 Å². The highest BCUT2D eigenvalue weighted by atomic mass is 15.1. The van der Waals surface area contributed by atoms with E-state index in [1.165, 1.54) is 0 Å². The zero-order chi connectivity index (χ0) is 15.3. The Morgan fingerprint density at radius 3 is 2.16 bits per heavy atom. The smallest absolute Gasteiger partial charge is 0.0997 e. The van der Waals surface area contributed by atoms with Crippen molar-refractivity contribution in [3.8, 4) is 0 Å². The summed E-state index contributed by atoms with van der Waals surface area (Å²) in [4.78, 5) is 6.92. The second-order valence-corrected chi connectivity index (χ2v) is 7.61. The van der Waals surface area contributed by atoms with Crippen LogP contribution in [0.25, 0.3) is 0 Å². The lowest BCUT2D eigenvalue weighted by atomic mass is 9.74. The van der Waals surface area contributed by atoms with Crippen LogP contribution >= 0.6 is 0 Å². The predicted octanol–water partition coefficient (Wildman–Crippen LogP) is 3.54. The molecule has 1 unspecified atom stereocenters. The van der Waals surface area contributed by atoms with Gasteiger partial charge in [0, 0.05) is 18.0 Å². The molecular formula is C16H35N3. The van der Waals surface area contributed by atoms with Crippen LogP contribution in [0.5, 0.6) is 0 Å². The summed E-state index contributed by atoms with van der Waals surface area (Å²) in [5, 5.41) is 0. The Morgan fingerprint density at radius 1 is 1.21 bits per heavy atom. The first-order valence-electron chi connectivity index (χ1n) is 7.48. The van der Waals surface area contributed by atoms with Gasteiger partial charge in [0.1, 0.15) is 0 Å². The van der Waals surface area contributed by atoms with Crippen LogP contribution in [-0.4, -0.2) is 37.4 Å². The van der Waals surface area contributed by atoms with E-state index in [0.717, 1.165) is 31.6 Å². The first-order chi connectivity index (χ1) is 8.50. The summed E-state index contributed by atoms with van der Waals surface area (Å²) >= 11 is 0. The molecule has 3 nitrogen and oxygen atoms in total. The van der Waals surface area contributed by atoms with Crippen LogP contribution in [0.15, 0.2) is 4.99 Å². The first kappa shape index (κ1) is 18.4. The molecule has 0 heterocycles. The highest BCUT2D eigenvalue weighted by Crippen LogP contribution is 2.34. The Hall–Kier alpha value is -0.570. The van der Waals surface area contributed by atoms with E-state index in [1.807, 2.05) is 0 Å². The summed E-state index contributed by atoms with van der Waals surface area (Å²) in [6.45, 7) is 14.4. The minimum atomic E-state index is -0.0402. The molecule has 0 fully saturated rings. The third kappa shape index (κ3) is 7.56. The normalized spacial score (nSPS) is 15.9. The molecule has 114 valence electrons. The van der Waals surface area contributed by atoms with Gasteiger partial charge in [0.25, 0.3) is 0 Å². The van der Waals surface area contributed by atoms with Gasteiger partial charge in [-0.05, 0) is 39.3 Å². The third-order valence-electron chi connectivity index (χ3n) is 3.42. The lowest BCUT2D eigenvalue weighted by Crippen LogP contribution is -2.40. The molecule has 0 spiro atoms. The summed E-state index contributed by atoms with van der Waals surface area (Å²) < 4.78 is 0. The Morgan fingerprint density at radius 2 is 1.74 bits per heavy atom. The second-order valence-electron chi connectivity index (χ2n) is 7.61. The zero-order valence-electron chi connectivity index (χ0n) is 14.4. The maximum absolute atomic E-state index is 6.26. The second kappa shape index (κ2) is 7.28. The van der Waals surface area contributed by atoms with E-state index in [-0.39, 0.29) is 10.8 Å². The van der Waals surface area contributed by atoms with Gasteiger partial charge in [-0.15, -0.1) is 0 Å². The molecule has 0 rings (SSSR count). The van der Waals surface area contributed by atoms with Gasteiger partial charge in [-0.25, -0.2) is 0 Å². The quantitative estimate of drug-likeness (QED) is 0.541. The molecule has 2 N–H and O–H groups in total.